The van der Waals surface area contributed by atoms with Crippen LogP contribution in [0.3, 0.4) is 0 Å². The Balaban J connectivity index is 0.00000192. The number of rotatable bonds is 3. The maximum atomic E-state index is 5.95. The van der Waals surface area contributed by atoms with Gasteiger partial charge >= 0.3 is 0 Å². The van der Waals surface area contributed by atoms with E-state index in [0.29, 0.717) is 25.7 Å². The summed E-state index contributed by atoms with van der Waals surface area (Å²) in [4.78, 5) is 4.37. The Morgan fingerprint density at radius 3 is 2.78 bits per heavy atom. The number of aryl methyl sites for hydroxylation is 1. The first-order valence-electron chi connectivity index (χ1n) is 7.20. The second-order valence-corrected chi connectivity index (χ2v) is 5.86. The van der Waals surface area contributed by atoms with Crippen LogP contribution < -0.4 is 20.5 Å². The van der Waals surface area contributed by atoms with Crippen molar-refractivity contribution in [1.82, 2.24) is 0 Å². The summed E-state index contributed by atoms with van der Waals surface area (Å²) in [5.74, 6) is 1.90. The molecule has 0 saturated heterocycles. The fourth-order valence-corrected chi connectivity index (χ4v) is 3.00. The molecule has 0 unspecified atom stereocenters. The third kappa shape index (κ3) is 4.74. The van der Waals surface area contributed by atoms with Gasteiger partial charge < -0.3 is 20.5 Å². The average Bonchev–Trinajstić information content (AvgIpc) is 2.78. The van der Waals surface area contributed by atoms with Gasteiger partial charge in [0.05, 0.1) is 19.8 Å². The summed E-state index contributed by atoms with van der Waals surface area (Å²) < 4.78 is 11.3. The van der Waals surface area contributed by atoms with E-state index in [-0.39, 0.29) is 24.0 Å². The molecule has 124 valence electrons. The van der Waals surface area contributed by atoms with Crippen molar-refractivity contribution in [2.75, 3.05) is 18.5 Å². The van der Waals surface area contributed by atoms with E-state index in [4.69, 9.17) is 15.2 Å². The highest BCUT2D eigenvalue weighted by Crippen LogP contribution is 2.32. The first-order chi connectivity index (χ1) is 10.7. The topological polar surface area (TPSA) is 68.9 Å². The van der Waals surface area contributed by atoms with Gasteiger partial charge in [0, 0.05) is 18.2 Å². The van der Waals surface area contributed by atoms with Gasteiger partial charge in [-0.2, -0.15) is 11.3 Å². The molecule has 1 aliphatic rings. The molecule has 3 N–H and O–H groups in total. The van der Waals surface area contributed by atoms with Crippen molar-refractivity contribution in [1.29, 1.82) is 0 Å². The Hall–Kier alpha value is -1.48. The molecular formula is C16H20IN3O2S. The Kier molecular flexibility index (Phi) is 6.52. The van der Waals surface area contributed by atoms with Gasteiger partial charge in [0.2, 0.25) is 0 Å². The van der Waals surface area contributed by atoms with Crippen molar-refractivity contribution in [3.63, 3.8) is 0 Å². The number of aliphatic imine (C=N–C) groups is 1. The number of halogens is 1. The number of nitrogens with one attached hydrogen (secondary N) is 1. The Bertz CT molecular complexity index is 688. The summed E-state index contributed by atoms with van der Waals surface area (Å²) in [6.45, 7) is 4.01. The highest BCUT2D eigenvalue weighted by atomic mass is 127. The lowest BCUT2D eigenvalue weighted by atomic mass is 10.2. The smallest absolute Gasteiger partial charge is 0.193 e. The first-order valence-corrected chi connectivity index (χ1v) is 8.15. The summed E-state index contributed by atoms with van der Waals surface area (Å²) in [6, 6.07) is 5.68. The number of anilines is 1. The number of hydrogen-bond acceptors (Lipinski definition) is 4. The Morgan fingerprint density at radius 2 is 2.04 bits per heavy atom. The predicted octanol–water partition coefficient (Wildman–Crippen LogP) is 3.76. The zero-order chi connectivity index (χ0) is 15.4. The van der Waals surface area contributed by atoms with Gasteiger partial charge in [-0.15, -0.1) is 24.0 Å². The molecule has 7 heteroatoms. The van der Waals surface area contributed by atoms with E-state index in [1.165, 1.54) is 11.1 Å². The summed E-state index contributed by atoms with van der Waals surface area (Å²) in [5, 5.41) is 7.30. The zero-order valence-electron chi connectivity index (χ0n) is 12.9. The van der Waals surface area contributed by atoms with Crippen molar-refractivity contribution in [3.05, 3.63) is 40.1 Å². The molecule has 0 radical (unpaired) electrons. The molecule has 1 aromatic heterocycles. The first kappa shape index (κ1) is 17.9. The van der Waals surface area contributed by atoms with E-state index >= 15 is 0 Å². The van der Waals surface area contributed by atoms with E-state index in [9.17, 15) is 0 Å². The molecule has 5 nitrogen and oxygen atoms in total. The van der Waals surface area contributed by atoms with Crippen molar-refractivity contribution >= 4 is 47.0 Å². The quantitative estimate of drug-likeness (QED) is 0.429. The molecule has 0 amide bonds. The van der Waals surface area contributed by atoms with Crippen molar-refractivity contribution in [2.45, 2.75) is 19.9 Å². The van der Waals surface area contributed by atoms with E-state index in [2.05, 4.69) is 28.0 Å². The average molecular weight is 445 g/mol. The molecule has 2 heterocycles. The van der Waals surface area contributed by atoms with E-state index in [0.717, 1.165) is 23.6 Å². The van der Waals surface area contributed by atoms with Crippen LogP contribution in [-0.4, -0.2) is 19.2 Å². The third-order valence-electron chi connectivity index (χ3n) is 3.40. The van der Waals surface area contributed by atoms with Crippen LogP contribution in [0.1, 0.15) is 17.5 Å². The Labute approximate surface area is 156 Å². The highest BCUT2D eigenvalue weighted by molar-refractivity contribution is 14.0. The summed E-state index contributed by atoms with van der Waals surface area (Å²) in [6.07, 6.45) is 0.890. The van der Waals surface area contributed by atoms with Crippen molar-refractivity contribution in [3.8, 4) is 11.5 Å². The molecule has 1 aliphatic heterocycles. The molecule has 0 fully saturated rings. The minimum Gasteiger partial charge on any atom is -0.490 e. The van der Waals surface area contributed by atoms with Crippen LogP contribution in [0.2, 0.25) is 0 Å². The molecular weight excluding hydrogens is 425 g/mol. The molecule has 0 spiro atoms. The SMILES string of the molecule is Cc1cscc1CN=C(N)Nc1ccc2c(c1)OCCCO2.I. The summed E-state index contributed by atoms with van der Waals surface area (Å²) in [5.41, 5.74) is 9.24. The maximum absolute atomic E-state index is 5.95. The number of fused-ring (bicyclic) bond motifs is 1. The number of hydrogen-bond donors (Lipinski definition) is 2. The van der Waals surface area contributed by atoms with Crippen LogP contribution >= 0.6 is 35.3 Å². The lowest BCUT2D eigenvalue weighted by molar-refractivity contribution is 0.297. The number of nitrogens with two attached hydrogens (primary N) is 1. The van der Waals surface area contributed by atoms with Crippen LogP contribution in [0.25, 0.3) is 0 Å². The zero-order valence-corrected chi connectivity index (χ0v) is 16.0. The van der Waals surface area contributed by atoms with Gasteiger partial charge in [0.1, 0.15) is 0 Å². The monoisotopic (exact) mass is 445 g/mol. The molecule has 0 bridgehead atoms. The van der Waals surface area contributed by atoms with Crippen molar-refractivity contribution < 1.29 is 9.47 Å². The Morgan fingerprint density at radius 1 is 1.26 bits per heavy atom. The van der Waals surface area contributed by atoms with Gasteiger partial charge in [0.25, 0.3) is 0 Å². The molecule has 3 rings (SSSR count). The number of benzene rings is 1. The third-order valence-corrected chi connectivity index (χ3v) is 4.31. The molecule has 2 aromatic rings. The van der Waals surface area contributed by atoms with Crippen molar-refractivity contribution in [2.24, 2.45) is 10.7 Å². The lowest BCUT2D eigenvalue weighted by Crippen LogP contribution is -2.22. The number of nitrogens with zero attached hydrogens (tertiary/aromatic N) is 1. The second-order valence-electron chi connectivity index (χ2n) is 5.12. The van der Waals surface area contributed by atoms with Crippen LogP contribution in [0.5, 0.6) is 11.5 Å². The van der Waals surface area contributed by atoms with E-state index in [1.54, 1.807) is 11.3 Å². The normalized spacial score (nSPS) is 13.9. The summed E-state index contributed by atoms with van der Waals surface area (Å²) in [7, 11) is 0. The van der Waals surface area contributed by atoms with Gasteiger partial charge in [-0.25, -0.2) is 4.99 Å². The van der Waals surface area contributed by atoms with Gasteiger partial charge in [-0.05, 0) is 40.9 Å². The molecule has 1 aromatic carbocycles. The van der Waals surface area contributed by atoms with Crippen LogP contribution in [0.15, 0.2) is 34.0 Å². The molecule has 0 aliphatic carbocycles. The van der Waals surface area contributed by atoms with Gasteiger partial charge in [0.15, 0.2) is 17.5 Å². The van der Waals surface area contributed by atoms with E-state index < -0.39 is 0 Å². The number of ether oxygens (including phenoxy) is 2. The summed E-state index contributed by atoms with van der Waals surface area (Å²) >= 11 is 1.68. The van der Waals surface area contributed by atoms with Crippen LogP contribution in [0, 0.1) is 6.92 Å². The van der Waals surface area contributed by atoms with E-state index in [1.807, 2.05) is 18.2 Å². The predicted molar refractivity (Wildman–Crippen MR) is 105 cm³/mol. The van der Waals surface area contributed by atoms with Gasteiger partial charge in [-0.3, -0.25) is 0 Å². The second kappa shape index (κ2) is 8.39. The fourth-order valence-electron chi connectivity index (χ4n) is 2.15. The van der Waals surface area contributed by atoms with Gasteiger partial charge in [-0.1, -0.05) is 0 Å². The minimum atomic E-state index is 0. The van der Waals surface area contributed by atoms with Crippen LogP contribution in [0.4, 0.5) is 5.69 Å². The standard InChI is InChI=1S/C16H19N3O2S.HI/c1-11-9-22-10-12(11)8-18-16(17)19-13-3-4-14-15(7-13)21-6-2-5-20-14;/h3-4,7,9-10H,2,5-6,8H2,1H3,(H3,17,18,19);1H. The minimum absolute atomic E-state index is 0. The highest BCUT2D eigenvalue weighted by Gasteiger charge is 2.10. The fraction of sp³-hybridized carbons (Fsp3) is 0.312. The molecule has 0 atom stereocenters. The molecule has 23 heavy (non-hydrogen) atoms. The number of guanidine groups is 1. The van der Waals surface area contributed by atoms with Crippen LogP contribution in [-0.2, 0) is 6.54 Å². The maximum Gasteiger partial charge on any atom is 0.193 e. The lowest BCUT2D eigenvalue weighted by Gasteiger charge is -2.10. The molecule has 0 saturated carbocycles. The largest absolute Gasteiger partial charge is 0.490 e. The number of thiophene rings is 1.